The third-order valence-electron chi connectivity index (χ3n) is 4.08. The van der Waals surface area contributed by atoms with Crippen LogP contribution in [-0.2, 0) is 11.2 Å². The predicted octanol–water partition coefficient (Wildman–Crippen LogP) is 3.13. The van der Waals surface area contributed by atoms with Crippen LogP contribution in [0.1, 0.15) is 28.9 Å². The predicted molar refractivity (Wildman–Crippen MR) is 88.9 cm³/mol. The molecular formula is C17H18ClN3O2. The maximum Gasteiger partial charge on any atom is 0.356 e. The Morgan fingerprint density at radius 1 is 1.39 bits per heavy atom. The molecule has 1 saturated heterocycles. The van der Waals surface area contributed by atoms with E-state index in [0.29, 0.717) is 5.95 Å². The van der Waals surface area contributed by atoms with Crippen LogP contribution < -0.4 is 4.90 Å². The van der Waals surface area contributed by atoms with Crippen molar-refractivity contribution in [2.75, 3.05) is 18.6 Å². The van der Waals surface area contributed by atoms with Crippen molar-refractivity contribution in [1.29, 1.82) is 0 Å². The molecule has 1 aromatic heterocycles. The fraction of sp³-hybridized carbons (Fsp3) is 0.353. The molecule has 1 aromatic carbocycles. The molecule has 0 saturated carbocycles. The molecule has 1 aliphatic heterocycles. The number of ether oxygens (including phenoxy) is 1. The summed E-state index contributed by atoms with van der Waals surface area (Å²) >= 11 is 6.27. The largest absolute Gasteiger partial charge is 0.464 e. The minimum Gasteiger partial charge on any atom is -0.464 e. The maximum atomic E-state index is 11.6. The number of nitrogens with zero attached hydrogens (tertiary/aromatic N) is 3. The Hall–Kier alpha value is -2.14. The minimum absolute atomic E-state index is 0.279. The van der Waals surface area contributed by atoms with E-state index in [0.717, 1.165) is 36.4 Å². The smallest absolute Gasteiger partial charge is 0.356 e. The van der Waals surface area contributed by atoms with E-state index >= 15 is 0 Å². The van der Waals surface area contributed by atoms with Gasteiger partial charge in [-0.1, -0.05) is 29.8 Å². The number of carbonyl (C=O) groups excluding carboxylic acids is 1. The van der Waals surface area contributed by atoms with Crippen LogP contribution >= 0.6 is 11.6 Å². The van der Waals surface area contributed by atoms with Crippen molar-refractivity contribution in [3.63, 3.8) is 0 Å². The Morgan fingerprint density at radius 3 is 3.00 bits per heavy atom. The van der Waals surface area contributed by atoms with Crippen LogP contribution in [0.25, 0.3) is 0 Å². The highest BCUT2D eigenvalue weighted by atomic mass is 35.5. The fourth-order valence-corrected chi connectivity index (χ4v) is 3.15. The molecule has 2 aromatic rings. The lowest BCUT2D eigenvalue weighted by Crippen LogP contribution is -2.33. The number of anilines is 1. The van der Waals surface area contributed by atoms with Gasteiger partial charge >= 0.3 is 5.97 Å². The fourth-order valence-electron chi connectivity index (χ4n) is 2.93. The number of aromatic nitrogens is 2. The van der Waals surface area contributed by atoms with Gasteiger partial charge in [0.25, 0.3) is 0 Å². The zero-order chi connectivity index (χ0) is 16.2. The second-order valence-corrected chi connectivity index (χ2v) is 5.93. The molecule has 0 aliphatic carbocycles. The molecule has 1 aliphatic rings. The Labute approximate surface area is 140 Å². The van der Waals surface area contributed by atoms with Gasteiger partial charge in [0.2, 0.25) is 5.95 Å². The highest BCUT2D eigenvalue weighted by Crippen LogP contribution is 2.27. The lowest BCUT2D eigenvalue weighted by atomic mass is 10.0. The molecular weight excluding hydrogens is 314 g/mol. The standard InChI is InChI=1S/C17H18ClN3O2/c1-23-16(22)15-8-9-19-17(20-15)21-10-4-6-13(21)11-12-5-2-3-7-14(12)18/h2-3,5,7-9,13H,4,6,10-11H2,1H3. The van der Waals surface area contributed by atoms with Gasteiger partial charge in [0.15, 0.2) is 5.69 Å². The van der Waals surface area contributed by atoms with Crippen molar-refractivity contribution in [3.8, 4) is 0 Å². The summed E-state index contributed by atoms with van der Waals surface area (Å²) in [5.74, 6) is 0.123. The Bertz CT molecular complexity index is 708. The summed E-state index contributed by atoms with van der Waals surface area (Å²) in [7, 11) is 1.35. The third-order valence-corrected chi connectivity index (χ3v) is 4.45. The van der Waals surface area contributed by atoms with Crippen LogP contribution in [-0.4, -0.2) is 35.6 Å². The van der Waals surface area contributed by atoms with Crippen LogP contribution in [0, 0.1) is 0 Å². The van der Waals surface area contributed by atoms with Gasteiger partial charge in [-0.15, -0.1) is 0 Å². The zero-order valence-electron chi connectivity index (χ0n) is 12.9. The van der Waals surface area contributed by atoms with Crippen molar-refractivity contribution < 1.29 is 9.53 Å². The van der Waals surface area contributed by atoms with E-state index in [-0.39, 0.29) is 11.7 Å². The summed E-state index contributed by atoms with van der Waals surface area (Å²) in [6, 6.07) is 9.72. The first-order valence-corrected chi connectivity index (χ1v) is 7.98. The van der Waals surface area contributed by atoms with Gasteiger partial charge in [0.1, 0.15) is 0 Å². The van der Waals surface area contributed by atoms with Gasteiger partial charge in [-0.2, -0.15) is 0 Å². The second-order valence-electron chi connectivity index (χ2n) is 5.52. The number of methoxy groups -OCH3 is 1. The van der Waals surface area contributed by atoms with Crippen LogP contribution in [0.15, 0.2) is 36.5 Å². The van der Waals surface area contributed by atoms with Gasteiger partial charge in [0.05, 0.1) is 7.11 Å². The van der Waals surface area contributed by atoms with E-state index < -0.39 is 5.97 Å². The summed E-state index contributed by atoms with van der Waals surface area (Å²) in [5, 5.41) is 0.781. The van der Waals surface area contributed by atoms with Gasteiger partial charge in [0, 0.05) is 23.8 Å². The van der Waals surface area contributed by atoms with E-state index in [4.69, 9.17) is 16.3 Å². The Kier molecular flexibility index (Phi) is 4.76. The highest BCUT2D eigenvalue weighted by molar-refractivity contribution is 6.31. The summed E-state index contributed by atoms with van der Waals surface area (Å²) in [6.45, 7) is 0.875. The molecule has 0 radical (unpaired) electrons. The molecule has 0 bridgehead atoms. The number of carbonyl (C=O) groups is 1. The van der Waals surface area contributed by atoms with Gasteiger partial charge in [-0.25, -0.2) is 14.8 Å². The third kappa shape index (κ3) is 3.45. The minimum atomic E-state index is -0.449. The number of esters is 1. The van der Waals surface area contributed by atoms with Crippen molar-refractivity contribution in [2.45, 2.75) is 25.3 Å². The first kappa shape index (κ1) is 15.7. The molecule has 1 atom stereocenters. The van der Waals surface area contributed by atoms with Gasteiger partial charge in [-0.3, -0.25) is 0 Å². The molecule has 0 spiro atoms. The first-order valence-electron chi connectivity index (χ1n) is 7.60. The van der Waals surface area contributed by atoms with Crippen molar-refractivity contribution in [3.05, 3.63) is 52.8 Å². The van der Waals surface area contributed by atoms with Gasteiger partial charge < -0.3 is 9.64 Å². The Balaban J connectivity index is 1.82. The van der Waals surface area contributed by atoms with Crippen LogP contribution in [0.5, 0.6) is 0 Å². The molecule has 0 N–H and O–H groups in total. The summed E-state index contributed by atoms with van der Waals surface area (Å²) < 4.78 is 4.73. The number of benzene rings is 1. The molecule has 5 nitrogen and oxygen atoms in total. The average molecular weight is 332 g/mol. The van der Waals surface area contributed by atoms with E-state index in [2.05, 4.69) is 14.9 Å². The van der Waals surface area contributed by atoms with Crippen LogP contribution in [0.4, 0.5) is 5.95 Å². The van der Waals surface area contributed by atoms with Crippen molar-refractivity contribution in [2.24, 2.45) is 0 Å². The normalized spacial score (nSPS) is 17.3. The molecule has 1 unspecified atom stereocenters. The topological polar surface area (TPSA) is 55.3 Å². The number of rotatable bonds is 4. The number of halogens is 1. The number of hydrogen-bond acceptors (Lipinski definition) is 5. The molecule has 6 heteroatoms. The number of hydrogen-bond donors (Lipinski definition) is 0. The summed E-state index contributed by atoms with van der Waals surface area (Å²) in [4.78, 5) is 22.5. The van der Waals surface area contributed by atoms with Crippen LogP contribution in [0.2, 0.25) is 5.02 Å². The SMILES string of the molecule is COC(=O)c1ccnc(N2CCCC2Cc2ccccc2Cl)n1. The summed E-state index contributed by atoms with van der Waals surface area (Å²) in [6.07, 6.45) is 4.56. The summed E-state index contributed by atoms with van der Waals surface area (Å²) in [5.41, 5.74) is 1.40. The molecule has 3 rings (SSSR count). The van der Waals surface area contributed by atoms with Crippen molar-refractivity contribution >= 4 is 23.5 Å². The van der Waals surface area contributed by atoms with Gasteiger partial charge in [-0.05, 0) is 37.0 Å². The maximum absolute atomic E-state index is 11.6. The lowest BCUT2D eigenvalue weighted by molar-refractivity contribution is 0.0594. The van der Waals surface area contributed by atoms with E-state index in [1.54, 1.807) is 12.3 Å². The Morgan fingerprint density at radius 2 is 2.22 bits per heavy atom. The van der Waals surface area contributed by atoms with E-state index in [1.807, 2.05) is 24.3 Å². The second kappa shape index (κ2) is 6.96. The molecule has 23 heavy (non-hydrogen) atoms. The first-order chi connectivity index (χ1) is 11.2. The highest BCUT2D eigenvalue weighted by Gasteiger charge is 2.28. The van der Waals surface area contributed by atoms with Crippen LogP contribution in [0.3, 0.4) is 0 Å². The van der Waals surface area contributed by atoms with E-state index in [9.17, 15) is 4.79 Å². The van der Waals surface area contributed by atoms with Crippen molar-refractivity contribution in [1.82, 2.24) is 9.97 Å². The molecule has 0 amide bonds. The molecule has 120 valence electrons. The van der Waals surface area contributed by atoms with E-state index in [1.165, 1.54) is 7.11 Å². The molecule has 2 heterocycles. The lowest BCUT2D eigenvalue weighted by Gasteiger charge is -2.25. The average Bonchev–Trinajstić information content (AvgIpc) is 3.04. The quantitative estimate of drug-likeness (QED) is 0.806. The zero-order valence-corrected chi connectivity index (χ0v) is 13.7. The molecule has 1 fully saturated rings. The monoisotopic (exact) mass is 331 g/mol.